The zero-order chi connectivity index (χ0) is 11.4. The van der Waals surface area contributed by atoms with Gasteiger partial charge in [-0.15, -0.1) is 0 Å². The maximum absolute atomic E-state index is 4.22. The molecule has 2 rings (SSSR count). The molecule has 0 saturated heterocycles. The average Bonchev–Trinajstić information content (AvgIpc) is 2.62. The topological polar surface area (TPSA) is 29.9 Å². The third-order valence-corrected chi connectivity index (χ3v) is 5.02. The lowest BCUT2D eigenvalue weighted by atomic mass is 9.84. The van der Waals surface area contributed by atoms with Gasteiger partial charge in [-0.3, -0.25) is 0 Å². The Morgan fingerprint density at radius 2 is 2.38 bits per heavy atom. The summed E-state index contributed by atoms with van der Waals surface area (Å²) < 4.78 is 2.74. The summed E-state index contributed by atoms with van der Waals surface area (Å²) in [5, 5.41) is 3.58. The zero-order valence-corrected chi connectivity index (χ0v) is 11.0. The molecule has 1 saturated carbocycles. The second kappa shape index (κ2) is 5.23. The van der Waals surface area contributed by atoms with Crippen LogP contribution in [-0.4, -0.2) is 33.6 Å². The molecule has 0 unspecified atom stereocenters. The maximum atomic E-state index is 4.22. The van der Waals surface area contributed by atoms with E-state index in [2.05, 4.69) is 28.0 Å². The monoisotopic (exact) mass is 239 g/mol. The van der Waals surface area contributed by atoms with Crippen molar-refractivity contribution in [2.75, 3.05) is 19.3 Å². The van der Waals surface area contributed by atoms with Gasteiger partial charge in [0.2, 0.25) is 0 Å². The van der Waals surface area contributed by atoms with Crippen LogP contribution in [0.25, 0.3) is 0 Å². The van der Waals surface area contributed by atoms with E-state index in [-0.39, 0.29) is 0 Å². The van der Waals surface area contributed by atoms with Gasteiger partial charge in [0.05, 0.1) is 0 Å². The largest absolute Gasteiger partial charge is 0.334 e. The molecule has 1 aromatic rings. The molecular weight excluding hydrogens is 218 g/mol. The Bertz CT molecular complexity index is 325. The first-order chi connectivity index (χ1) is 7.76. The summed E-state index contributed by atoms with van der Waals surface area (Å²) in [6.07, 6.45) is 10.3. The standard InChI is InChI=1S/C12H21N3S/c1-11-14-7-9-15(11)8-6-13-10-12(16-2)4-3-5-12/h7,9,13H,3-6,8,10H2,1-2H3. The van der Waals surface area contributed by atoms with Crippen molar-refractivity contribution in [2.45, 2.75) is 37.5 Å². The third-order valence-electron chi connectivity index (χ3n) is 3.60. The van der Waals surface area contributed by atoms with Gasteiger partial charge < -0.3 is 9.88 Å². The third kappa shape index (κ3) is 2.61. The number of nitrogens with one attached hydrogen (secondary N) is 1. The van der Waals surface area contributed by atoms with Crippen molar-refractivity contribution in [3.63, 3.8) is 0 Å². The van der Waals surface area contributed by atoms with Gasteiger partial charge in [0.25, 0.3) is 0 Å². The van der Waals surface area contributed by atoms with E-state index in [0.717, 1.165) is 25.5 Å². The van der Waals surface area contributed by atoms with E-state index >= 15 is 0 Å². The number of imidazole rings is 1. The second-order valence-electron chi connectivity index (χ2n) is 4.59. The molecule has 1 aliphatic carbocycles. The molecule has 1 heterocycles. The lowest BCUT2D eigenvalue weighted by Gasteiger charge is -2.40. The van der Waals surface area contributed by atoms with Crippen molar-refractivity contribution in [3.8, 4) is 0 Å². The first-order valence-electron chi connectivity index (χ1n) is 5.99. The van der Waals surface area contributed by atoms with E-state index in [1.807, 2.05) is 24.2 Å². The quantitative estimate of drug-likeness (QED) is 0.771. The van der Waals surface area contributed by atoms with Crippen LogP contribution in [0.2, 0.25) is 0 Å². The van der Waals surface area contributed by atoms with Gasteiger partial charge in [0.15, 0.2) is 0 Å². The Balaban J connectivity index is 1.67. The Kier molecular flexibility index (Phi) is 3.92. The minimum absolute atomic E-state index is 0.546. The van der Waals surface area contributed by atoms with Crippen LogP contribution in [0.4, 0.5) is 0 Å². The molecule has 1 fully saturated rings. The van der Waals surface area contributed by atoms with E-state index < -0.39 is 0 Å². The molecule has 1 aliphatic rings. The molecule has 4 heteroatoms. The molecule has 0 aliphatic heterocycles. The highest BCUT2D eigenvalue weighted by Gasteiger charge is 2.35. The smallest absolute Gasteiger partial charge is 0.105 e. The highest BCUT2D eigenvalue weighted by Crippen LogP contribution is 2.42. The highest BCUT2D eigenvalue weighted by atomic mass is 32.2. The van der Waals surface area contributed by atoms with E-state index in [9.17, 15) is 0 Å². The van der Waals surface area contributed by atoms with Crippen LogP contribution in [-0.2, 0) is 6.54 Å². The Morgan fingerprint density at radius 3 is 2.88 bits per heavy atom. The van der Waals surface area contributed by atoms with Gasteiger partial charge in [-0.25, -0.2) is 4.98 Å². The van der Waals surface area contributed by atoms with Crippen LogP contribution < -0.4 is 5.32 Å². The van der Waals surface area contributed by atoms with Gasteiger partial charge >= 0.3 is 0 Å². The Hall–Kier alpha value is -0.480. The van der Waals surface area contributed by atoms with E-state index in [1.165, 1.54) is 19.3 Å². The highest BCUT2D eigenvalue weighted by molar-refractivity contribution is 8.00. The molecular formula is C12H21N3S. The summed E-state index contributed by atoms with van der Waals surface area (Å²) in [6, 6.07) is 0. The lowest BCUT2D eigenvalue weighted by Crippen LogP contribution is -2.44. The fraction of sp³-hybridized carbons (Fsp3) is 0.750. The SMILES string of the molecule is CSC1(CNCCn2ccnc2C)CCC1. The molecule has 1 aromatic heterocycles. The number of hydrogen-bond donors (Lipinski definition) is 1. The van der Waals surface area contributed by atoms with Crippen LogP contribution in [0.15, 0.2) is 12.4 Å². The van der Waals surface area contributed by atoms with Gasteiger partial charge in [-0.2, -0.15) is 11.8 Å². The fourth-order valence-electron chi connectivity index (χ4n) is 2.18. The summed E-state index contributed by atoms with van der Waals surface area (Å²) in [7, 11) is 0. The van der Waals surface area contributed by atoms with Crippen molar-refractivity contribution in [1.29, 1.82) is 0 Å². The van der Waals surface area contributed by atoms with Crippen LogP contribution in [0.1, 0.15) is 25.1 Å². The summed E-state index contributed by atoms with van der Waals surface area (Å²) in [4.78, 5) is 4.22. The minimum atomic E-state index is 0.546. The lowest BCUT2D eigenvalue weighted by molar-refractivity contribution is 0.344. The van der Waals surface area contributed by atoms with Crippen molar-refractivity contribution in [2.24, 2.45) is 0 Å². The predicted molar refractivity (Wildman–Crippen MR) is 69.9 cm³/mol. The van der Waals surface area contributed by atoms with E-state index in [4.69, 9.17) is 0 Å². The number of nitrogens with zero attached hydrogens (tertiary/aromatic N) is 2. The molecule has 0 spiro atoms. The van der Waals surface area contributed by atoms with Crippen molar-refractivity contribution in [3.05, 3.63) is 18.2 Å². The zero-order valence-electron chi connectivity index (χ0n) is 10.2. The van der Waals surface area contributed by atoms with Crippen LogP contribution in [0.3, 0.4) is 0 Å². The number of thioether (sulfide) groups is 1. The summed E-state index contributed by atoms with van der Waals surface area (Å²) in [6.45, 7) is 5.27. The molecule has 16 heavy (non-hydrogen) atoms. The summed E-state index contributed by atoms with van der Waals surface area (Å²) >= 11 is 2.03. The van der Waals surface area contributed by atoms with Gasteiger partial charge in [0.1, 0.15) is 5.82 Å². The molecule has 0 aromatic carbocycles. The van der Waals surface area contributed by atoms with Crippen LogP contribution in [0, 0.1) is 6.92 Å². The van der Waals surface area contributed by atoms with Gasteiger partial charge in [-0.1, -0.05) is 6.42 Å². The maximum Gasteiger partial charge on any atom is 0.105 e. The molecule has 0 bridgehead atoms. The second-order valence-corrected chi connectivity index (χ2v) is 5.86. The van der Waals surface area contributed by atoms with Crippen molar-refractivity contribution >= 4 is 11.8 Å². The van der Waals surface area contributed by atoms with Gasteiger partial charge in [0, 0.05) is 36.8 Å². The number of aromatic nitrogens is 2. The molecule has 1 N–H and O–H groups in total. The predicted octanol–water partition coefficient (Wildman–Crippen LogP) is 2.07. The first-order valence-corrected chi connectivity index (χ1v) is 7.22. The summed E-state index contributed by atoms with van der Waals surface area (Å²) in [5.74, 6) is 1.10. The number of aryl methyl sites for hydroxylation is 1. The molecule has 3 nitrogen and oxygen atoms in total. The molecule has 0 amide bonds. The van der Waals surface area contributed by atoms with Crippen molar-refractivity contribution in [1.82, 2.24) is 14.9 Å². The van der Waals surface area contributed by atoms with Crippen molar-refractivity contribution < 1.29 is 0 Å². The molecule has 0 radical (unpaired) electrons. The van der Waals surface area contributed by atoms with E-state index in [0.29, 0.717) is 4.75 Å². The Morgan fingerprint density at radius 1 is 1.56 bits per heavy atom. The number of hydrogen-bond acceptors (Lipinski definition) is 3. The fourth-order valence-corrected chi connectivity index (χ4v) is 3.12. The molecule has 90 valence electrons. The number of rotatable bonds is 6. The van der Waals surface area contributed by atoms with E-state index in [1.54, 1.807) is 0 Å². The average molecular weight is 239 g/mol. The van der Waals surface area contributed by atoms with Gasteiger partial charge in [-0.05, 0) is 26.0 Å². The normalized spacial score (nSPS) is 18.4. The summed E-state index contributed by atoms with van der Waals surface area (Å²) in [5.41, 5.74) is 0. The van der Waals surface area contributed by atoms with Crippen LogP contribution in [0.5, 0.6) is 0 Å². The Labute approximate surface area is 102 Å². The molecule has 0 atom stereocenters. The minimum Gasteiger partial charge on any atom is -0.334 e. The first kappa shape index (κ1) is 12.0. The van der Waals surface area contributed by atoms with Crippen LogP contribution >= 0.6 is 11.8 Å².